The normalized spacial score (nSPS) is 15.2. The number of ether oxygens (including phenoxy) is 1. The number of anilines is 1. The molecule has 0 radical (unpaired) electrons. The van der Waals surface area contributed by atoms with Crippen LogP contribution < -0.4 is 9.46 Å². The van der Waals surface area contributed by atoms with Crippen LogP contribution in [-0.4, -0.2) is 69.7 Å². The molecular weight excluding hydrogens is 414 g/mol. The predicted molar refractivity (Wildman–Crippen MR) is 114 cm³/mol. The molecule has 0 bridgehead atoms. The molecule has 3 rings (SSSR count). The van der Waals surface area contributed by atoms with Gasteiger partial charge in [-0.15, -0.1) is 0 Å². The van der Waals surface area contributed by atoms with E-state index in [0.717, 1.165) is 31.6 Å². The van der Waals surface area contributed by atoms with Crippen LogP contribution in [-0.2, 0) is 10.0 Å². The quantitative estimate of drug-likeness (QED) is 0.720. The summed E-state index contributed by atoms with van der Waals surface area (Å²) in [6, 6.07) is 13.8. The van der Waals surface area contributed by atoms with Crippen LogP contribution >= 0.6 is 11.6 Å². The predicted octanol–water partition coefficient (Wildman–Crippen LogP) is 2.55. The molecule has 9 heteroatoms. The second-order valence-electron chi connectivity index (χ2n) is 6.89. The molecule has 0 aliphatic carbocycles. The number of hydrogen-bond acceptors (Lipinski definition) is 5. The van der Waals surface area contributed by atoms with Crippen LogP contribution in [0.15, 0.2) is 48.5 Å². The fourth-order valence-corrected chi connectivity index (χ4v) is 3.79. The number of nitrogens with zero attached hydrogens (tertiary/aromatic N) is 2. The number of halogens is 1. The number of amides is 1. The van der Waals surface area contributed by atoms with Gasteiger partial charge in [-0.3, -0.25) is 14.4 Å². The van der Waals surface area contributed by atoms with Gasteiger partial charge in [0.05, 0.1) is 6.26 Å². The van der Waals surface area contributed by atoms with E-state index in [0.29, 0.717) is 36.0 Å². The number of carbonyl (C=O) groups is 1. The van der Waals surface area contributed by atoms with Crippen molar-refractivity contribution < 1.29 is 17.9 Å². The smallest absolute Gasteiger partial charge is 0.254 e. The SMILES string of the molecule is CS(=O)(=O)Nc1cccc(C(=O)N2CCN(CCOc3ccc(Cl)cc3)CC2)c1. The Hall–Kier alpha value is -2.29. The molecule has 0 aromatic heterocycles. The van der Waals surface area contributed by atoms with E-state index < -0.39 is 10.0 Å². The third kappa shape index (κ3) is 6.62. The van der Waals surface area contributed by atoms with E-state index in [2.05, 4.69) is 9.62 Å². The summed E-state index contributed by atoms with van der Waals surface area (Å²) in [5, 5.41) is 0.677. The molecule has 1 N–H and O–H groups in total. The molecule has 1 amide bonds. The molecule has 29 heavy (non-hydrogen) atoms. The summed E-state index contributed by atoms with van der Waals surface area (Å²) >= 11 is 5.86. The first kappa shape index (κ1) is 21.4. The maximum absolute atomic E-state index is 12.7. The van der Waals surface area contributed by atoms with Crippen molar-refractivity contribution in [2.45, 2.75) is 0 Å². The maximum atomic E-state index is 12.7. The van der Waals surface area contributed by atoms with Gasteiger partial charge in [-0.2, -0.15) is 0 Å². The lowest BCUT2D eigenvalue weighted by atomic mass is 10.1. The van der Waals surface area contributed by atoms with Crippen molar-refractivity contribution in [3.05, 3.63) is 59.1 Å². The summed E-state index contributed by atoms with van der Waals surface area (Å²) in [6.45, 7) is 4.09. The summed E-state index contributed by atoms with van der Waals surface area (Å²) in [5.74, 6) is 0.685. The number of rotatable bonds is 7. The van der Waals surface area contributed by atoms with Gasteiger partial charge in [-0.1, -0.05) is 17.7 Å². The summed E-state index contributed by atoms with van der Waals surface area (Å²) in [4.78, 5) is 16.8. The van der Waals surface area contributed by atoms with Gasteiger partial charge in [-0.25, -0.2) is 8.42 Å². The Bertz CT molecular complexity index is 942. The average Bonchev–Trinajstić information content (AvgIpc) is 2.68. The standard InChI is InChI=1S/C20H24ClN3O4S/c1-29(26,27)22-18-4-2-3-16(15-18)20(25)24-11-9-23(10-12-24)13-14-28-19-7-5-17(21)6-8-19/h2-8,15,22H,9-14H2,1H3. The van der Waals surface area contributed by atoms with Crippen molar-refractivity contribution in [2.75, 3.05) is 50.3 Å². The fourth-order valence-electron chi connectivity index (χ4n) is 3.11. The molecule has 0 unspecified atom stereocenters. The van der Waals surface area contributed by atoms with Gasteiger partial charge in [0.1, 0.15) is 12.4 Å². The number of nitrogens with one attached hydrogen (secondary N) is 1. The zero-order valence-corrected chi connectivity index (χ0v) is 17.7. The van der Waals surface area contributed by atoms with Crippen molar-refractivity contribution >= 4 is 33.2 Å². The van der Waals surface area contributed by atoms with Gasteiger partial charge in [0.2, 0.25) is 10.0 Å². The van der Waals surface area contributed by atoms with Gasteiger partial charge in [0, 0.05) is 49.0 Å². The van der Waals surface area contributed by atoms with E-state index in [-0.39, 0.29) is 5.91 Å². The molecule has 156 valence electrons. The van der Waals surface area contributed by atoms with Crippen LogP contribution in [0.5, 0.6) is 5.75 Å². The van der Waals surface area contributed by atoms with E-state index in [9.17, 15) is 13.2 Å². The van der Waals surface area contributed by atoms with Crippen molar-refractivity contribution in [3.8, 4) is 5.75 Å². The molecule has 1 saturated heterocycles. The monoisotopic (exact) mass is 437 g/mol. The summed E-state index contributed by atoms with van der Waals surface area (Å²) in [6.07, 6.45) is 1.08. The third-order valence-corrected chi connectivity index (χ3v) is 5.42. The van der Waals surface area contributed by atoms with Gasteiger partial charge in [0.15, 0.2) is 0 Å². The van der Waals surface area contributed by atoms with Crippen molar-refractivity contribution in [1.29, 1.82) is 0 Å². The van der Waals surface area contributed by atoms with Crippen LogP contribution in [0, 0.1) is 0 Å². The highest BCUT2D eigenvalue weighted by molar-refractivity contribution is 7.92. The van der Waals surface area contributed by atoms with E-state index in [4.69, 9.17) is 16.3 Å². The molecule has 0 atom stereocenters. The molecule has 0 spiro atoms. The van der Waals surface area contributed by atoms with Crippen LogP contribution in [0.2, 0.25) is 5.02 Å². The molecule has 7 nitrogen and oxygen atoms in total. The first-order valence-electron chi connectivity index (χ1n) is 9.28. The second kappa shape index (κ2) is 9.47. The molecule has 0 saturated carbocycles. The first-order valence-corrected chi connectivity index (χ1v) is 11.5. The summed E-state index contributed by atoms with van der Waals surface area (Å²) < 4.78 is 30.9. The molecular formula is C20H24ClN3O4S. The van der Waals surface area contributed by atoms with Crippen LogP contribution in [0.25, 0.3) is 0 Å². The number of carbonyl (C=O) groups excluding carboxylic acids is 1. The van der Waals surface area contributed by atoms with Crippen molar-refractivity contribution in [1.82, 2.24) is 9.80 Å². The van der Waals surface area contributed by atoms with E-state index in [1.54, 1.807) is 41.3 Å². The first-order chi connectivity index (χ1) is 13.8. The Morgan fingerprint density at radius 2 is 1.79 bits per heavy atom. The topological polar surface area (TPSA) is 79.0 Å². The van der Waals surface area contributed by atoms with E-state index >= 15 is 0 Å². The van der Waals surface area contributed by atoms with Crippen LogP contribution in [0.1, 0.15) is 10.4 Å². The Labute approximate surface area is 176 Å². The Balaban J connectivity index is 1.47. The maximum Gasteiger partial charge on any atom is 0.254 e. The lowest BCUT2D eigenvalue weighted by Crippen LogP contribution is -2.49. The van der Waals surface area contributed by atoms with Crippen LogP contribution in [0.4, 0.5) is 5.69 Å². The van der Waals surface area contributed by atoms with Gasteiger partial charge in [-0.05, 0) is 42.5 Å². The minimum atomic E-state index is -3.38. The van der Waals surface area contributed by atoms with Gasteiger partial charge >= 0.3 is 0 Å². The molecule has 2 aromatic rings. The lowest BCUT2D eigenvalue weighted by molar-refractivity contribution is 0.0620. The number of piperazine rings is 1. The van der Waals surface area contributed by atoms with Crippen molar-refractivity contribution in [3.63, 3.8) is 0 Å². The molecule has 1 aliphatic heterocycles. The van der Waals surface area contributed by atoms with Crippen LogP contribution in [0.3, 0.4) is 0 Å². The zero-order valence-electron chi connectivity index (χ0n) is 16.2. The summed E-state index contributed by atoms with van der Waals surface area (Å²) in [5.41, 5.74) is 0.856. The molecule has 1 heterocycles. The second-order valence-corrected chi connectivity index (χ2v) is 9.08. The number of sulfonamides is 1. The zero-order chi connectivity index (χ0) is 20.9. The fraction of sp³-hybridized carbons (Fsp3) is 0.350. The van der Waals surface area contributed by atoms with Gasteiger partial charge < -0.3 is 9.64 Å². The van der Waals surface area contributed by atoms with Gasteiger partial charge in [0.25, 0.3) is 5.91 Å². The Morgan fingerprint density at radius 1 is 1.10 bits per heavy atom. The minimum Gasteiger partial charge on any atom is -0.492 e. The largest absolute Gasteiger partial charge is 0.492 e. The molecule has 2 aromatic carbocycles. The highest BCUT2D eigenvalue weighted by Gasteiger charge is 2.22. The Kier molecular flexibility index (Phi) is 7.00. The molecule has 1 fully saturated rings. The van der Waals surface area contributed by atoms with E-state index in [1.165, 1.54) is 0 Å². The minimum absolute atomic E-state index is 0.0979. The molecule has 1 aliphatic rings. The lowest BCUT2D eigenvalue weighted by Gasteiger charge is -2.34. The van der Waals surface area contributed by atoms with Crippen molar-refractivity contribution in [2.24, 2.45) is 0 Å². The van der Waals surface area contributed by atoms with E-state index in [1.807, 2.05) is 12.1 Å². The Morgan fingerprint density at radius 3 is 2.45 bits per heavy atom. The average molecular weight is 438 g/mol. The highest BCUT2D eigenvalue weighted by atomic mass is 35.5. The summed E-state index contributed by atoms with van der Waals surface area (Å²) in [7, 11) is -3.38. The number of benzene rings is 2. The highest BCUT2D eigenvalue weighted by Crippen LogP contribution is 2.17. The third-order valence-electron chi connectivity index (χ3n) is 4.56. The number of hydrogen-bond donors (Lipinski definition) is 1.